The number of nitrogens with zero attached hydrogens (tertiary/aromatic N) is 2. The first kappa shape index (κ1) is 22.0. The van der Waals surface area contributed by atoms with E-state index in [4.69, 9.17) is 21.4 Å². The van der Waals surface area contributed by atoms with Crippen molar-refractivity contribution in [2.45, 2.75) is 6.42 Å². The van der Waals surface area contributed by atoms with Crippen molar-refractivity contribution in [2.75, 3.05) is 19.7 Å². The Hall–Kier alpha value is -3.68. The number of rotatable bonds is 6. The number of hydrogen-bond donors (Lipinski definition) is 1. The van der Waals surface area contributed by atoms with Crippen LogP contribution < -0.4 is 4.74 Å². The second kappa shape index (κ2) is 9.42. The van der Waals surface area contributed by atoms with E-state index in [1.54, 1.807) is 24.2 Å². The highest BCUT2D eigenvalue weighted by Gasteiger charge is 2.26. The van der Waals surface area contributed by atoms with E-state index in [1.165, 1.54) is 23.1 Å². The molecule has 0 spiro atoms. The quantitative estimate of drug-likeness (QED) is 0.399. The van der Waals surface area contributed by atoms with Crippen molar-refractivity contribution < 1.29 is 28.7 Å². The highest BCUT2D eigenvalue weighted by molar-refractivity contribution is 6.30. The molecule has 0 bridgehead atoms. The Balaban J connectivity index is 1.88. The molecule has 0 radical (unpaired) electrons. The third kappa shape index (κ3) is 4.91. The van der Waals surface area contributed by atoms with Gasteiger partial charge < -0.3 is 14.7 Å². The topological polar surface area (TPSA) is 110 Å². The van der Waals surface area contributed by atoms with Gasteiger partial charge in [-0.3, -0.25) is 10.1 Å². The van der Waals surface area contributed by atoms with Gasteiger partial charge in [0.2, 0.25) is 0 Å². The molecule has 31 heavy (non-hydrogen) atoms. The number of ether oxygens (including phenoxy) is 1. The summed E-state index contributed by atoms with van der Waals surface area (Å²) in [7, 11) is 0. The lowest BCUT2D eigenvalue weighted by molar-refractivity contribution is -0.386. The van der Waals surface area contributed by atoms with Gasteiger partial charge in [-0.05, 0) is 42.3 Å². The molecule has 1 heterocycles. The number of amides is 1. The number of nitro groups is 1. The predicted octanol–water partition coefficient (Wildman–Crippen LogP) is 4.45. The summed E-state index contributed by atoms with van der Waals surface area (Å²) in [6.45, 7) is -0.129. The molecule has 0 saturated carbocycles. The van der Waals surface area contributed by atoms with Crippen LogP contribution in [0.3, 0.4) is 0 Å². The summed E-state index contributed by atoms with van der Waals surface area (Å²) in [4.78, 5) is 34.8. The van der Waals surface area contributed by atoms with Crippen LogP contribution in [-0.4, -0.2) is 46.7 Å². The van der Waals surface area contributed by atoms with Gasteiger partial charge in [-0.2, -0.15) is 0 Å². The molecule has 2 aromatic rings. The Morgan fingerprint density at radius 3 is 2.71 bits per heavy atom. The zero-order chi connectivity index (χ0) is 22.5. The molecule has 3 rings (SSSR count). The van der Waals surface area contributed by atoms with Crippen molar-refractivity contribution >= 4 is 40.5 Å². The van der Waals surface area contributed by atoms with Gasteiger partial charge in [-0.15, -0.1) is 0 Å². The molecule has 0 fully saturated rings. The lowest BCUT2D eigenvalue weighted by Crippen LogP contribution is -2.33. The fourth-order valence-electron chi connectivity index (χ4n) is 3.22. The van der Waals surface area contributed by atoms with Crippen LogP contribution >= 0.6 is 11.6 Å². The Kier molecular flexibility index (Phi) is 6.69. The Morgan fingerprint density at radius 2 is 2.13 bits per heavy atom. The van der Waals surface area contributed by atoms with Gasteiger partial charge in [-0.1, -0.05) is 23.7 Å². The molecule has 0 aromatic heterocycles. The first-order chi connectivity index (χ1) is 14.8. The standard InChI is InChI=1S/C21H16ClFN2O6/c22-15-4-5-16(18(23)10-15)14(11-26)12-31-19-3-1-2-17(20(19)25(29)30)13-6-8-24(9-7-13)21(27)28/h1-6,10H,7-9,12H2,(H,27,28). The lowest BCUT2D eigenvalue weighted by atomic mass is 9.97. The van der Waals surface area contributed by atoms with Crippen LogP contribution in [0, 0.1) is 15.9 Å². The van der Waals surface area contributed by atoms with Crippen LogP contribution in [0.2, 0.25) is 5.02 Å². The lowest BCUT2D eigenvalue weighted by Gasteiger charge is -2.24. The van der Waals surface area contributed by atoms with E-state index in [0.717, 1.165) is 6.07 Å². The van der Waals surface area contributed by atoms with Crippen molar-refractivity contribution in [3.63, 3.8) is 0 Å². The summed E-state index contributed by atoms with van der Waals surface area (Å²) in [5.74, 6) is 0.759. The highest BCUT2D eigenvalue weighted by atomic mass is 35.5. The van der Waals surface area contributed by atoms with Crippen LogP contribution in [-0.2, 0) is 4.79 Å². The maximum atomic E-state index is 14.1. The van der Waals surface area contributed by atoms with Crippen molar-refractivity contribution in [1.82, 2.24) is 4.90 Å². The van der Waals surface area contributed by atoms with Gasteiger partial charge >= 0.3 is 11.8 Å². The van der Waals surface area contributed by atoms with E-state index in [0.29, 0.717) is 17.6 Å². The second-order valence-electron chi connectivity index (χ2n) is 6.61. The molecule has 1 amide bonds. The summed E-state index contributed by atoms with van der Waals surface area (Å²) in [5.41, 5.74) is 0.357. The van der Waals surface area contributed by atoms with Crippen LogP contribution in [0.4, 0.5) is 14.9 Å². The number of nitro benzene ring substituents is 1. The van der Waals surface area contributed by atoms with E-state index < -0.39 is 23.4 Å². The molecule has 1 aliphatic rings. The van der Waals surface area contributed by atoms with Crippen molar-refractivity contribution in [1.29, 1.82) is 0 Å². The van der Waals surface area contributed by atoms with Crippen LogP contribution in [0.15, 0.2) is 42.5 Å². The molecule has 1 aliphatic heterocycles. The van der Waals surface area contributed by atoms with Gasteiger partial charge in [0, 0.05) is 23.7 Å². The van der Waals surface area contributed by atoms with Crippen LogP contribution in [0.1, 0.15) is 17.5 Å². The average molecular weight is 447 g/mol. The van der Waals surface area contributed by atoms with E-state index in [-0.39, 0.29) is 40.7 Å². The SMILES string of the molecule is O=C=C(COc1cccc(C2=CCN(C(=O)O)CC2)c1[N+](=O)[O-])c1ccc(Cl)cc1F. The van der Waals surface area contributed by atoms with Gasteiger partial charge in [0.1, 0.15) is 18.4 Å². The maximum Gasteiger partial charge on any atom is 0.407 e. The molecule has 1 N–H and O–H groups in total. The highest BCUT2D eigenvalue weighted by Crippen LogP contribution is 2.37. The molecule has 0 unspecified atom stereocenters. The minimum atomic E-state index is -1.07. The molecular weight excluding hydrogens is 431 g/mol. The normalized spacial score (nSPS) is 13.2. The Morgan fingerprint density at radius 1 is 1.35 bits per heavy atom. The molecular formula is C21H16ClFN2O6. The van der Waals surface area contributed by atoms with E-state index >= 15 is 0 Å². The third-order valence-corrected chi connectivity index (χ3v) is 4.99. The smallest absolute Gasteiger partial charge is 0.407 e. The number of carboxylic acid groups (broad SMARTS) is 1. The van der Waals surface area contributed by atoms with Gasteiger partial charge in [0.25, 0.3) is 0 Å². The van der Waals surface area contributed by atoms with Crippen molar-refractivity contribution in [3.8, 4) is 5.75 Å². The van der Waals surface area contributed by atoms with E-state index in [2.05, 4.69) is 0 Å². The summed E-state index contributed by atoms with van der Waals surface area (Å²) in [6, 6.07) is 8.20. The van der Waals surface area contributed by atoms with E-state index in [1.807, 2.05) is 0 Å². The minimum absolute atomic E-state index is 0.0676. The van der Waals surface area contributed by atoms with Crippen molar-refractivity contribution in [2.24, 2.45) is 0 Å². The number of halogens is 2. The minimum Gasteiger partial charge on any atom is -0.481 e. The second-order valence-corrected chi connectivity index (χ2v) is 7.05. The van der Waals surface area contributed by atoms with Crippen LogP contribution in [0.25, 0.3) is 11.1 Å². The number of carbonyl (C=O) groups excluding carboxylic acids is 1. The predicted molar refractivity (Wildman–Crippen MR) is 111 cm³/mol. The first-order valence-corrected chi connectivity index (χ1v) is 9.46. The average Bonchev–Trinajstić information content (AvgIpc) is 2.75. The number of para-hydroxylation sites is 1. The summed E-state index contributed by atoms with van der Waals surface area (Å²) in [6.07, 6.45) is 0.847. The number of hydrogen-bond acceptors (Lipinski definition) is 5. The largest absolute Gasteiger partial charge is 0.481 e. The van der Waals surface area contributed by atoms with Crippen LogP contribution in [0.5, 0.6) is 5.75 Å². The molecule has 2 aromatic carbocycles. The van der Waals surface area contributed by atoms with Crippen molar-refractivity contribution in [3.05, 3.63) is 74.6 Å². The zero-order valence-electron chi connectivity index (χ0n) is 16.0. The summed E-state index contributed by atoms with van der Waals surface area (Å²) >= 11 is 5.72. The fraction of sp³-hybridized carbons (Fsp3) is 0.190. The first-order valence-electron chi connectivity index (χ1n) is 9.08. The van der Waals surface area contributed by atoms with Gasteiger partial charge in [-0.25, -0.2) is 14.0 Å². The maximum absolute atomic E-state index is 14.1. The number of benzene rings is 2. The molecule has 0 aliphatic carbocycles. The van der Waals surface area contributed by atoms with E-state index in [9.17, 15) is 24.1 Å². The molecule has 160 valence electrons. The van der Waals surface area contributed by atoms with Gasteiger partial charge in [0.15, 0.2) is 5.75 Å². The molecule has 0 atom stereocenters. The van der Waals surface area contributed by atoms with Gasteiger partial charge in [0.05, 0.1) is 16.1 Å². The monoisotopic (exact) mass is 446 g/mol. The zero-order valence-corrected chi connectivity index (χ0v) is 16.8. The molecule has 8 nitrogen and oxygen atoms in total. The summed E-state index contributed by atoms with van der Waals surface area (Å²) in [5, 5.41) is 21.0. The number of carbonyl (C=O) groups is 1. The molecule has 0 saturated heterocycles. The fourth-order valence-corrected chi connectivity index (χ4v) is 3.38. The molecule has 10 heteroatoms. The Bertz CT molecular complexity index is 1130. The summed E-state index contributed by atoms with van der Waals surface area (Å²) < 4.78 is 19.6. The third-order valence-electron chi connectivity index (χ3n) is 4.76. The Labute approximate surface area is 181 Å².